The molecule has 0 aliphatic rings. The molecule has 0 atom stereocenters. The van der Waals surface area contributed by atoms with E-state index >= 15 is 0 Å². The summed E-state index contributed by atoms with van der Waals surface area (Å²) >= 11 is 0. The monoisotopic (exact) mass is 263 g/mol. The lowest BCUT2D eigenvalue weighted by Crippen LogP contribution is -2.16. The number of aromatic amines is 1. The first-order valence-electron chi connectivity index (χ1n) is 6.38. The second-order valence-corrected chi connectivity index (χ2v) is 4.77. The molecule has 3 nitrogen and oxygen atoms in total. The predicted molar refractivity (Wildman–Crippen MR) is 79.2 cm³/mol. The van der Waals surface area contributed by atoms with Crippen LogP contribution < -0.4 is 5.43 Å². The predicted octanol–water partition coefficient (Wildman–Crippen LogP) is 3.07. The average molecular weight is 263 g/mol. The van der Waals surface area contributed by atoms with Crippen LogP contribution in [0.15, 0.2) is 59.5 Å². The van der Waals surface area contributed by atoms with Crippen molar-refractivity contribution in [2.75, 3.05) is 0 Å². The molecule has 2 aromatic carbocycles. The van der Waals surface area contributed by atoms with E-state index in [1.165, 1.54) is 6.20 Å². The molecule has 0 aliphatic heterocycles. The molecule has 0 saturated carbocycles. The number of ketones is 1. The fourth-order valence-corrected chi connectivity index (χ4v) is 2.20. The van der Waals surface area contributed by atoms with Crippen LogP contribution >= 0.6 is 0 Å². The minimum Gasteiger partial charge on any atom is -0.360 e. The Kier molecular flexibility index (Phi) is 2.95. The third-order valence-corrected chi connectivity index (χ3v) is 3.35. The van der Waals surface area contributed by atoms with E-state index in [-0.39, 0.29) is 16.8 Å². The summed E-state index contributed by atoms with van der Waals surface area (Å²) in [5.74, 6) is -0.253. The average Bonchev–Trinajstić information content (AvgIpc) is 2.48. The van der Waals surface area contributed by atoms with Gasteiger partial charge in [-0.1, -0.05) is 42.0 Å². The van der Waals surface area contributed by atoms with E-state index in [9.17, 15) is 9.59 Å². The summed E-state index contributed by atoms with van der Waals surface area (Å²) in [4.78, 5) is 27.8. The quantitative estimate of drug-likeness (QED) is 0.722. The van der Waals surface area contributed by atoms with E-state index in [1.54, 1.807) is 24.3 Å². The van der Waals surface area contributed by atoms with Crippen molar-refractivity contribution in [1.29, 1.82) is 0 Å². The zero-order chi connectivity index (χ0) is 14.1. The number of rotatable bonds is 2. The highest BCUT2D eigenvalue weighted by Gasteiger charge is 2.14. The number of fused-ring (bicyclic) bond motifs is 1. The highest BCUT2D eigenvalue weighted by molar-refractivity contribution is 6.10. The first-order valence-corrected chi connectivity index (χ1v) is 6.38. The van der Waals surface area contributed by atoms with Crippen LogP contribution in [0.4, 0.5) is 0 Å². The van der Waals surface area contributed by atoms with Crippen molar-refractivity contribution in [3.05, 3.63) is 81.6 Å². The number of carbonyl (C=O) groups excluding carboxylic acids is 1. The number of carbonyl (C=O) groups is 1. The SMILES string of the molecule is Cc1ccc(C(=O)c2c[nH]c3ccccc3c2=O)cc1. The molecule has 0 unspecified atom stereocenters. The van der Waals surface area contributed by atoms with E-state index in [0.717, 1.165) is 11.1 Å². The molecule has 1 aromatic heterocycles. The molecule has 3 rings (SSSR count). The van der Waals surface area contributed by atoms with E-state index in [1.807, 2.05) is 31.2 Å². The van der Waals surface area contributed by atoms with E-state index in [2.05, 4.69) is 4.98 Å². The lowest BCUT2D eigenvalue weighted by atomic mass is 10.0. The zero-order valence-corrected chi connectivity index (χ0v) is 11.0. The molecule has 3 heteroatoms. The lowest BCUT2D eigenvalue weighted by molar-refractivity contribution is 0.103. The number of aromatic nitrogens is 1. The van der Waals surface area contributed by atoms with Gasteiger partial charge in [0.05, 0.1) is 5.56 Å². The van der Waals surface area contributed by atoms with E-state index in [0.29, 0.717) is 10.9 Å². The van der Waals surface area contributed by atoms with Crippen LogP contribution in [0.5, 0.6) is 0 Å². The molecule has 0 amide bonds. The standard InChI is InChI=1S/C17H13NO2/c1-11-6-8-12(9-7-11)16(19)14-10-18-15-5-3-2-4-13(15)17(14)20/h2-10H,1H3,(H,18,20). The lowest BCUT2D eigenvalue weighted by Gasteiger charge is -2.03. The number of aryl methyl sites for hydroxylation is 1. The number of para-hydroxylation sites is 1. The fraction of sp³-hybridized carbons (Fsp3) is 0.0588. The highest BCUT2D eigenvalue weighted by Crippen LogP contribution is 2.11. The molecular formula is C17H13NO2. The molecular weight excluding hydrogens is 250 g/mol. The summed E-state index contributed by atoms with van der Waals surface area (Å²) in [5, 5.41) is 0.533. The van der Waals surface area contributed by atoms with Gasteiger partial charge in [0.2, 0.25) is 5.43 Å². The van der Waals surface area contributed by atoms with Crippen molar-refractivity contribution in [3.8, 4) is 0 Å². The van der Waals surface area contributed by atoms with Crippen molar-refractivity contribution >= 4 is 16.7 Å². The van der Waals surface area contributed by atoms with E-state index in [4.69, 9.17) is 0 Å². The summed E-state index contributed by atoms with van der Waals surface area (Å²) in [6, 6.07) is 14.4. The van der Waals surface area contributed by atoms with Crippen LogP contribution in [0.25, 0.3) is 10.9 Å². The van der Waals surface area contributed by atoms with Gasteiger partial charge in [-0.2, -0.15) is 0 Å². The summed E-state index contributed by atoms with van der Waals surface area (Å²) in [6.45, 7) is 1.96. The van der Waals surface area contributed by atoms with Crippen molar-refractivity contribution in [2.45, 2.75) is 6.92 Å². The molecule has 1 heterocycles. The number of nitrogens with one attached hydrogen (secondary N) is 1. The van der Waals surface area contributed by atoms with Gasteiger partial charge in [-0.05, 0) is 19.1 Å². The molecule has 0 spiro atoms. The van der Waals surface area contributed by atoms with Crippen LogP contribution in [0.1, 0.15) is 21.5 Å². The maximum absolute atomic E-state index is 12.4. The van der Waals surface area contributed by atoms with Gasteiger partial charge in [0, 0.05) is 22.7 Å². The first kappa shape index (κ1) is 12.4. The minimum absolute atomic E-state index is 0.174. The Hall–Kier alpha value is -2.68. The number of H-pyrrole nitrogens is 1. The van der Waals surface area contributed by atoms with Crippen LogP contribution in [0.3, 0.4) is 0 Å². The summed E-state index contributed by atoms with van der Waals surface area (Å²) in [6.07, 6.45) is 1.49. The molecule has 0 radical (unpaired) electrons. The molecule has 0 aliphatic carbocycles. The molecule has 0 bridgehead atoms. The Bertz CT molecular complexity index is 845. The third-order valence-electron chi connectivity index (χ3n) is 3.35. The van der Waals surface area contributed by atoms with Gasteiger partial charge in [0.25, 0.3) is 0 Å². The Balaban J connectivity index is 2.15. The third kappa shape index (κ3) is 2.03. The largest absolute Gasteiger partial charge is 0.360 e. The van der Waals surface area contributed by atoms with E-state index < -0.39 is 0 Å². The number of benzene rings is 2. The van der Waals surface area contributed by atoms with Crippen molar-refractivity contribution in [2.24, 2.45) is 0 Å². The molecule has 98 valence electrons. The fourth-order valence-electron chi connectivity index (χ4n) is 2.20. The van der Waals surface area contributed by atoms with Gasteiger partial charge < -0.3 is 4.98 Å². The van der Waals surface area contributed by atoms with Crippen LogP contribution in [0.2, 0.25) is 0 Å². The van der Waals surface area contributed by atoms with Crippen molar-refractivity contribution in [3.63, 3.8) is 0 Å². The van der Waals surface area contributed by atoms with Gasteiger partial charge in [-0.25, -0.2) is 0 Å². The van der Waals surface area contributed by atoms with Crippen LogP contribution in [-0.4, -0.2) is 10.8 Å². The maximum Gasteiger partial charge on any atom is 0.200 e. The van der Waals surface area contributed by atoms with Crippen LogP contribution in [-0.2, 0) is 0 Å². The topological polar surface area (TPSA) is 49.9 Å². The molecule has 0 saturated heterocycles. The normalized spacial score (nSPS) is 10.7. The Morgan fingerprint density at radius 2 is 1.70 bits per heavy atom. The van der Waals surface area contributed by atoms with Crippen LogP contribution in [0, 0.1) is 6.92 Å². The Labute approximate surface area is 115 Å². The zero-order valence-electron chi connectivity index (χ0n) is 11.0. The van der Waals surface area contributed by atoms with Crippen molar-refractivity contribution < 1.29 is 4.79 Å². The first-order chi connectivity index (χ1) is 9.66. The Morgan fingerprint density at radius 3 is 2.45 bits per heavy atom. The summed E-state index contributed by atoms with van der Waals surface area (Å²) < 4.78 is 0. The van der Waals surface area contributed by atoms with Gasteiger partial charge >= 0.3 is 0 Å². The highest BCUT2D eigenvalue weighted by atomic mass is 16.1. The molecule has 3 aromatic rings. The number of pyridine rings is 1. The van der Waals surface area contributed by atoms with Gasteiger partial charge in [-0.15, -0.1) is 0 Å². The second kappa shape index (κ2) is 4.78. The molecule has 1 N–H and O–H groups in total. The number of hydrogen-bond donors (Lipinski definition) is 1. The van der Waals surface area contributed by atoms with Crippen molar-refractivity contribution in [1.82, 2.24) is 4.98 Å². The van der Waals surface area contributed by atoms with Gasteiger partial charge in [0.15, 0.2) is 5.78 Å². The maximum atomic E-state index is 12.4. The summed E-state index contributed by atoms with van der Waals surface area (Å²) in [7, 11) is 0. The second-order valence-electron chi connectivity index (χ2n) is 4.77. The minimum atomic E-state index is -0.253. The summed E-state index contributed by atoms with van der Waals surface area (Å²) in [5.41, 5.74) is 2.28. The Morgan fingerprint density at radius 1 is 1.00 bits per heavy atom. The number of hydrogen-bond acceptors (Lipinski definition) is 2. The molecule has 20 heavy (non-hydrogen) atoms. The van der Waals surface area contributed by atoms with Gasteiger partial charge in [0.1, 0.15) is 0 Å². The molecule has 0 fully saturated rings. The smallest absolute Gasteiger partial charge is 0.200 e. The van der Waals surface area contributed by atoms with Gasteiger partial charge in [-0.3, -0.25) is 9.59 Å².